The molecule has 1 atom stereocenters. The molecule has 0 saturated carbocycles. The van der Waals surface area contributed by atoms with Crippen LogP contribution in [0.25, 0.3) is 0 Å². The lowest BCUT2D eigenvalue weighted by molar-refractivity contribution is 0.478. The van der Waals surface area contributed by atoms with Crippen LogP contribution in [0.2, 0.25) is 0 Å². The van der Waals surface area contributed by atoms with E-state index in [1.54, 1.807) is 0 Å². The molecule has 2 rings (SSSR count). The van der Waals surface area contributed by atoms with Crippen LogP contribution in [-0.4, -0.2) is 0 Å². The molecular weight excluding hydrogens is 302 g/mol. The minimum atomic E-state index is 0.0203. The molecule has 3 heteroatoms. The number of hydrogen-bond donors (Lipinski definition) is 1. The zero-order valence-electron chi connectivity index (χ0n) is 11.4. The van der Waals surface area contributed by atoms with Gasteiger partial charge in [0, 0.05) is 6.04 Å². The highest BCUT2D eigenvalue weighted by Gasteiger charge is 2.07. The van der Waals surface area contributed by atoms with Crippen molar-refractivity contribution in [3.8, 4) is 11.5 Å². The van der Waals surface area contributed by atoms with E-state index in [0.29, 0.717) is 0 Å². The molecule has 100 valence electrons. The molecule has 0 aromatic heterocycles. The largest absolute Gasteiger partial charge is 0.456 e. The molecule has 1 unspecified atom stereocenters. The zero-order valence-corrected chi connectivity index (χ0v) is 13.0. The molecule has 0 heterocycles. The molecule has 0 amide bonds. The van der Waals surface area contributed by atoms with Crippen LogP contribution < -0.4 is 10.5 Å². The molecule has 0 radical (unpaired) electrons. The fourth-order valence-corrected chi connectivity index (χ4v) is 2.26. The first-order valence-electron chi connectivity index (χ1n) is 6.27. The highest BCUT2D eigenvalue weighted by Crippen LogP contribution is 2.32. The first-order chi connectivity index (χ1) is 8.97. The third-order valence-electron chi connectivity index (χ3n) is 3.19. The lowest BCUT2D eigenvalue weighted by Gasteiger charge is -2.12. The van der Waals surface area contributed by atoms with E-state index in [4.69, 9.17) is 10.5 Å². The van der Waals surface area contributed by atoms with Crippen LogP contribution in [-0.2, 0) is 0 Å². The Morgan fingerprint density at radius 3 is 2.37 bits per heavy atom. The molecule has 2 aromatic carbocycles. The summed E-state index contributed by atoms with van der Waals surface area (Å²) in [5, 5.41) is 0. The highest BCUT2D eigenvalue weighted by atomic mass is 79.9. The first kappa shape index (κ1) is 14.1. The molecule has 0 aliphatic rings. The van der Waals surface area contributed by atoms with Crippen molar-refractivity contribution in [2.24, 2.45) is 5.73 Å². The van der Waals surface area contributed by atoms with Crippen molar-refractivity contribution in [1.29, 1.82) is 0 Å². The van der Waals surface area contributed by atoms with E-state index in [-0.39, 0.29) is 6.04 Å². The molecule has 0 fully saturated rings. The Hall–Kier alpha value is -1.32. The summed E-state index contributed by atoms with van der Waals surface area (Å²) < 4.78 is 6.81. The summed E-state index contributed by atoms with van der Waals surface area (Å²) >= 11 is 3.53. The van der Waals surface area contributed by atoms with Crippen LogP contribution in [0.3, 0.4) is 0 Å². The summed E-state index contributed by atoms with van der Waals surface area (Å²) in [5.74, 6) is 1.64. The van der Waals surface area contributed by atoms with E-state index in [1.807, 2.05) is 37.3 Å². The van der Waals surface area contributed by atoms with Gasteiger partial charge in [0.15, 0.2) is 0 Å². The molecule has 2 N–H and O–H groups in total. The minimum Gasteiger partial charge on any atom is -0.456 e. The van der Waals surface area contributed by atoms with Gasteiger partial charge in [0.05, 0.1) is 4.47 Å². The Morgan fingerprint density at radius 1 is 1.05 bits per heavy atom. The molecule has 0 bridgehead atoms. The number of benzene rings is 2. The van der Waals surface area contributed by atoms with Crippen molar-refractivity contribution >= 4 is 15.9 Å². The van der Waals surface area contributed by atoms with Crippen LogP contribution in [0.4, 0.5) is 0 Å². The summed E-state index contributed by atoms with van der Waals surface area (Å²) in [6, 6.07) is 12.0. The average molecular weight is 320 g/mol. The van der Waals surface area contributed by atoms with Crippen LogP contribution in [0.15, 0.2) is 40.9 Å². The third-order valence-corrected chi connectivity index (χ3v) is 3.81. The van der Waals surface area contributed by atoms with E-state index < -0.39 is 0 Å². The maximum atomic E-state index is 5.89. The van der Waals surface area contributed by atoms with E-state index in [2.05, 4.69) is 35.8 Å². The van der Waals surface area contributed by atoms with Gasteiger partial charge < -0.3 is 10.5 Å². The molecule has 0 aliphatic heterocycles. The number of ether oxygens (including phenoxy) is 1. The van der Waals surface area contributed by atoms with Crippen molar-refractivity contribution in [3.05, 3.63) is 57.6 Å². The van der Waals surface area contributed by atoms with Crippen LogP contribution in [0.1, 0.15) is 29.7 Å². The molecule has 0 saturated heterocycles. The Bertz CT molecular complexity index is 593. The average Bonchev–Trinajstić information content (AvgIpc) is 2.36. The SMILES string of the molecule is Cc1ccc(Oc2ccc(C(C)N)cc2Br)cc1C. The maximum absolute atomic E-state index is 5.89. The van der Waals surface area contributed by atoms with E-state index in [9.17, 15) is 0 Å². The Balaban J connectivity index is 2.25. The molecule has 19 heavy (non-hydrogen) atoms. The Morgan fingerprint density at radius 2 is 1.79 bits per heavy atom. The van der Waals surface area contributed by atoms with Gasteiger partial charge in [0.2, 0.25) is 0 Å². The van der Waals surface area contributed by atoms with Crippen molar-refractivity contribution < 1.29 is 4.74 Å². The Kier molecular flexibility index (Phi) is 4.27. The maximum Gasteiger partial charge on any atom is 0.141 e. The van der Waals surface area contributed by atoms with Gasteiger partial charge in [-0.25, -0.2) is 0 Å². The van der Waals surface area contributed by atoms with E-state index >= 15 is 0 Å². The van der Waals surface area contributed by atoms with Crippen LogP contribution in [0.5, 0.6) is 11.5 Å². The van der Waals surface area contributed by atoms with Gasteiger partial charge in [-0.05, 0) is 77.7 Å². The van der Waals surface area contributed by atoms with Gasteiger partial charge in [0.1, 0.15) is 11.5 Å². The topological polar surface area (TPSA) is 35.2 Å². The third kappa shape index (κ3) is 3.37. The molecule has 0 aliphatic carbocycles. The second-order valence-electron chi connectivity index (χ2n) is 4.83. The predicted molar refractivity (Wildman–Crippen MR) is 82.7 cm³/mol. The zero-order chi connectivity index (χ0) is 14.0. The van der Waals surface area contributed by atoms with Gasteiger partial charge in [-0.3, -0.25) is 0 Å². The number of hydrogen-bond acceptors (Lipinski definition) is 2. The standard InChI is InChI=1S/C16H18BrNO/c1-10-4-6-14(8-11(10)2)19-16-7-5-13(12(3)18)9-15(16)17/h4-9,12H,18H2,1-3H3. The van der Waals surface area contributed by atoms with Crippen LogP contribution >= 0.6 is 15.9 Å². The summed E-state index contributed by atoms with van der Waals surface area (Å²) in [5.41, 5.74) is 9.43. The van der Waals surface area contributed by atoms with E-state index in [1.165, 1.54) is 11.1 Å². The second kappa shape index (κ2) is 5.76. The smallest absolute Gasteiger partial charge is 0.141 e. The Labute approximate surface area is 122 Å². The number of halogens is 1. The monoisotopic (exact) mass is 319 g/mol. The number of rotatable bonds is 3. The van der Waals surface area contributed by atoms with E-state index in [0.717, 1.165) is 21.5 Å². The minimum absolute atomic E-state index is 0.0203. The molecule has 0 spiro atoms. The summed E-state index contributed by atoms with van der Waals surface area (Å²) in [6.45, 7) is 6.13. The van der Waals surface area contributed by atoms with Gasteiger partial charge in [-0.1, -0.05) is 12.1 Å². The van der Waals surface area contributed by atoms with Crippen molar-refractivity contribution in [1.82, 2.24) is 0 Å². The number of nitrogens with two attached hydrogens (primary N) is 1. The quantitative estimate of drug-likeness (QED) is 0.875. The first-order valence-corrected chi connectivity index (χ1v) is 7.07. The molecule has 2 aromatic rings. The van der Waals surface area contributed by atoms with Gasteiger partial charge in [0.25, 0.3) is 0 Å². The predicted octanol–water partition coefficient (Wildman–Crippen LogP) is 4.88. The number of aryl methyl sites for hydroxylation is 2. The lowest BCUT2D eigenvalue weighted by atomic mass is 10.1. The highest BCUT2D eigenvalue weighted by molar-refractivity contribution is 9.10. The second-order valence-corrected chi connectivity index (χ2v) is 5.68. The lowest BCUT2D eigenvalue weighted by Crippen LogP contribution is -2.04. The fraction of sp³-hybridized carbons (Fsp3) is 0.250. The van der Waals surface area contributed by atoms with Crippen molar-refractivity contribution in [2.75, 3.05) is 0 Å². The van der Waals surface area contributed by atoms with Crippen LogP contribution in [0, 0.1) is 13.8 Å². The van der Waals surface area contributed by atoms with Crippen molar-refractivity contribution in [2.45, 2.75) is 26.8 Å². The van der Waals surface area contributed by atoms with Gasteiger partial charge in [-0.15, -0.1) is 0 Å². The van der Waals surface area contributed by atoms with Crippen molar-refractivity contribution in [3.63, 3.8) is 0 Å². The van der Waals surface area contributed by atoms with Gasteiger partial charge in [-0.2, -0.15) is 0 Å². The summed E-state index contributed by atoms with van der Waals surface area (Å²) in [7, 11) is 0. The molecular formula is C16H18BrNO. The van der Waals surface area contributed by atoms with Gasteiger partial charge >= 0.3 is 0 Å². The summed E-state index contributed by atoms with van der Waals surface area (Å²) in [6.07, 6.45) is 0. The normalized spacial score (nSPS) is 12.3. The fourth-order valence-electron chi connectivity index (χ4n) is 1.79. The summed E-state index contributed by atoms with van der Waals surface area (Å²) in [4.78, 5) is 0. The molecule has 2 nitrogen and oxygen atoms in total.